The van der Waals surface area contributed by atoms with Crippen LogP contribution in [-0.2, 0) is 4.74 Å². The average molecular weight is 215 g/mol. The largest absolute Gasteiger partial charge is 0.376 e. The van der Waals surface area contributed by atoms with E-state index < -0.39 is 0 Å². The Morgan fingerprint density at radius 1 is 1.00 bits per heavy atom. The smallest absolute Gasteiger partial charge is 0.0623 e. The minimum absolute atomic E-state index is 0.0732. The number of rotatable bonds is 10. The zero-order valence-electron chi connectivity index (χ0n) is 11.1. The first-order valence-electron chi connectivity index (χ1n) is 6.47. The zero-order valence-corrected chi connectivity index (χ0v) is 11.1. The molecule has 0 aliphatic carbocycles. The maximum absolute atomic E-state index is 5.79. The Hall–Kier alpha value is -0.0800. The normalized spacial score (nSPS) is 12.0. The molecule has 0 bridgehead atoms. The van der Waals surface area contributed by atoms with Gasteiger partial charge in [0.1, 0.15) is 0 Å². The van der Waals surface area contributed by atoms with E-state index in [1.165, 1.54) is 25.7 Å². The summed E-state index contributed by atoms with van der Waals surface area (Å²) in [6, 6.07) is 0. The topological polar surface area (TPSA) is 21.3 Å². The van der Waals surface area contributed by atoms with Gasteiger partial charge in [-0.2, -0.15) is 0 Å². The zero-order chi connectivity index (χ0) is 11.6. The Kier molecular flexibility index (Phi) is 9.12. The van der Waals surface area contributed by atoms with Crippen molar-refractivity contribution < 1.29 is 4.74 Å². The van der Waals surface area contributed by atoms with Gasteiger partial charge in [-0.15, -0.1) is 0 Å². The van der Waals surface area contributed by atoms with Crippen molar-refractivity contribution in [3.63, 3.8) is 0 Å². The lowest BCUT2D eigenvalue weighted by atomic mass is 10.1. The Morgan fingerprint density at radius 2 is 1.67 bits per heavy atom. The molecular formula is C13H29NO. The molecule has 2 nitrogen and oxygen atoms in total. The molecule has 0 aromatic heterocycles. The van der Waals surface area contributed by atoms with Crippen LogP contribution in [0.5, 0.6) is 0 Å². The molecule has 0 unspecified atom stereocenters. The van der Waals surface area contributed by atoms with Crippen molar-refractivity contribution in [1.82, 2.24) is 5.32 Å². The van der Waals surface area contributed by atoms with Crippen molar-refractivity contribution >= 4 is 0 Å². The predicted octanol–water partition coefficient (Wildman–Crippen LogP) is 3.36. The average Bonchev–Trinajstić information content (AvgIpc) is 2.22. The van der Waals surface area contributed by atoms with Crippen molar-refractivity contribution in [3.05, 3.63) is 0 Å². The standard InChI is InChI=1S/C13H29NO/c1-5-13(3,4)15-12-10-8-7-9-11-14-6-2/h14H,5-12H2,1-4H3. The minimum atomic E-state index is 0.0732. The molecule has 0 atom stereocenters. The molecule has 0 aliphatic rings. The third-order valence-electron chi connectivity index (χ3n) is 2.84. The second-order valence-corrected chi connectivity index (χ2v) is 4.73. The first-order chi connectivity index (χ1) is 7.12. The molecule has 0 radical (unpaired) electrons. The maximum atomic E-state index is 5.79. The summed E-state index contributed by atoms with van der Waals surface area (Å²) in [5.74, 6) is 0. The van der Waals surface area contributed by atoms with Gasteiger partial charge in [-0.1, -0.05) is 26.7 Å². The molecule has 0 saturated heterocycles. The maximum Gasteiger partial charge on any atom is 0.0623 e. The number of ether oxygens (including phenoxy) is 1. The van der Waals surface area contributed by atoms with Gasteiger partial charge in [-0.05, 0) is 46.2 Å². The quantitative estimate of drug-likeness (QED) is 0.564. The Morgan fingerprint density at radius 3 is 2.27 bits per heavy atom. The molecule has 0 aromatic carbocycles. The first-order valence-corrected chi connectivity index (χ1v) is 6.47. The molecule has 0 amide bonds. The van der Waals surface area contributed by atoms with Gasteiger partial charge in [0.2, 0.25) is 0 Å². The van der Waals surface area contributed by atoms with Crippen LogP contribution in [0.4, 0.5) is 0 Å². The molecule has 15 heavy (non-hydrogen) atoms. The van der Waals surface area contributed by atoms with Gasteiger partial charge >= 0.3 is 0 Å². The van der Waals surface area contributed by atoms with E-state index in [1.54, 1.807) is 0 Å². The van der Waals surface area contributed by atoms with Gasteiger partial charge < -0.3 is 10.1 Å². The van der Waals surface area contributed by atoms with Crippen molar-refractivity contribution in [2.24, 2.45) is 0 Å². The minimum Gasteiger partial charge on any atom is -0.376 e. The van der Waals surface area contributed by atoms with E-state index >= 15 is 0 Å². The molecule has 0 rings (SSSR count). The Bertz CT molecular complexity index is 134. The predicted molar refractivity (Wildman–Crippen MR) is 67.3 cm³/mol. The Balaban J connectivity index is 3.11. The van der Waals surface area contributed by atoms with Crippen LogP contribution in [0.1, 0.15) is 59.8 Å². The number of unbranched alkanes of at least 4 members (excludes halogenated alkanes) is 3. The second-order valence-electron chi connectivity index (χ2n) is 4.73. The van der Waals surface area contributed by atoms with Crippen LogP contribution in [0.15, 0.2) is 0 Å². The highest BCUT2D eigenvalue weighted by Crippen LogP contribution is 2.14. The fourth-order valence-electron chi connectivity index (χ4n) is 1.33. The summed E-state index contributed by atoms with van der Waals surface area (Å²) in [7, 11) is 0. The fraction of sp³-hybridized carbons (Fsp3) is 1.00. The summed E-state index contributed by atoms with van der Waals surface area (Å²) in [5.41, 5.74) is 0.0732. The van der Waals surface area contributed by atoms with Gasteiger partial charge in [0, 0.05) is 6.61 Å². The van der Waals surface area contributed by atoms with E-state index in [-0.39, 0.29) is 5.60 Å². The number of hydrogen-bond acceptors (Lipinski definition) is 2. The highest BCUT2D eigenvalue weighted by Gasteiger charge is 2.13. The molecule has 0 aliphatic heterocycles. The molecule has 0 fully saturated rings. The SMILES string of the molecule is CCNCCCCCCOC(C)(C)CC. The molecule has 0 aromatic rings. The van der Waals surface area contributed by atoms with Gasteiger partial charge in [0.05, 0.1) is 5.60 Å². The van der Waals surface area contributed by atoms with Crippen LogP contribution in [0.25, 0.3) is 0 Å². The summed E-state index contributed by atoms with van der Waals surface area (Å²) in [6.07, 6.45) is 6.21. The molecule has 0 spiro atoms. The summed E-state index contributed by atoms with van der Waals surface area (Å²) >= 11 is 0. The monoisotopic (exact) mass is 215 g/mol. The van der Waals surface area contributed by atoms with Gasteiger partial charge in [0.15, 0.2) is 0 Å². The van der Waals surface area contributed by atoms with Crippen molar-refractivity contribution in [2.45, 2.75) is 65.4 Å². The van der Waals surface area contributed by atoms with E-state index in [1.807, 2.05) is 0 Å². The Labute approximate surface area is 95.8 Å². The third kappa shape index (κ3) is 10.2. The molecule has 2 heteroatoms. The van der Waals surface area contributed by atoms with E-state index in [4.69, 9.17) is 4.74 Å². The lowest BCUT2D eigenvalue weighted by Crippen LogP contribution is -2.23. The number of nitrogens with one attached hydrogen (secondary N) is 1. The van der Waals surface area contributed by atoms with Crippen LogP contribution in [0.3, 0.4) is 0 Å². The lowest BCUT2D eigenvalue weighted by Gasteiger charge is -2.23. The van der Waals surface area contributed by atoms with E-state index in [0.717, 1.165) is 26.1 Å². The summed E-state index contributed by atoms with van der Waals surface area (Å²) in [4.78, 5) is 0. The van der Waals surface area contributed by atoms with Gasteiger partial charge in [0.25, 0.3) is 0 Å². The van der Waals surface area contributed by atoms with Crippen molar-refractivity contribution in [3.8, 4) is 0 Å². The van der Waals surface area contributed by atoms with Crippen LogP contribution in [0.2, 0.25) is 0 Å². The molecule has 92 valence electrons. The summed E-state index contributed by atoms with van der Waals surface area (Å²) in [6.45, 7) is 11.8. The van der Waals surface area contributed by atoms with E-state index in [2.05, 4.69) is 33.0 Å². The number of hydrogen-bond donors (Lipinski definition) is 1. The molecular weight excluding hydrogens is 186 g/mol. The van der Waals surface area contributed by atoms with Crippen LogP contribution in [-0.4, -0.2) is 25.3 Å². The second kappa shape index (κ2) is 9.17. The first kappa shape index (κ1) is 14.9. The van der Waals surface area contributed by atoms with Gasteiger partial charge in [-0.3, -0.25) is 0 Å². The van der Waals surface area contributed by atoms with Crippen LogP contribution in [0, 0.1) is 0 Å². The van der Waals surface area contributed by atoms with E-state index in [0.29, 0.717) is 0 Å². The highest BCUT2D eigenvalue weighted by atomic mass is 16.5. The van der Waals surface area contributed by atoms with E-state index in [9.17, 15) is 0 Å². The highest BCUT2D eigenvalue weighted by molar-refractivity contribution is 4.64. The van der Waals surface area contributed by atoms with Crippen molar-refractivity contribution in [2.75, 3.05) is 19.7 Å². The lowest BCUT2D eigenvalue weighted by molar-refractivity contribution is -0.0216. The summed E-state index contributed by atoms with van der Waals surface area (Å²) in [5, 5.41) is 3.34. The van der Waals surface area contributed by atoms with Crippen molar-refractivity contribution in [1.29, 1.82) is 0 Å². The molecule has 0 heterocycles. The summed E-state index contributed by atoms with van der Waals surface area (Å²) < 4.78 is 5.79. The fourth-order valence-corrected chi connectivity index (χ4v) is 1.33. The third-order valence-corrected chi connectivity index (χ3v) is 2.84. The molecule has 1 N–H and O–H groups in total. The van der Waals surface area contributed by atoms with Crippen LogP contribution < -0.4 is 5.32 Å². The molecule has 0 saturated carbocycles. The van der Waals surface area contributed by atoms with Crippen LogP contribution >= 0.6 is 0 Å². The van der Waals surface area contributed by atoms with Gasteiger partial charge in [-0.25, -0.2) is 0 Å².